The van der Waals surface area contributed by atoms with Gasteiger partial charge in [0.1, 0.15) is 0 Å². The molecule has 0 fully saturated rings. The van der Waals surface area contributed by atoms with Crippen LogP contribution in [0.15, 0.2) is 30.3 Å². The summed E-state index contributed by atoms with van der Waals surface area (Å²) < 4.78 is 2.33. The fourth-order valence-corrected chi connectivity index (χ4v) is 3.63. The maximum Gasteiger partial charge on any atom is 0.322 e. The second-order valence-corrected chi connectivity index (χ2v) is 6.80. The summed E-state index contributed by atoms with van der Waals surface area (Å²) in [5.41, 5.74) is 4.17. The predicted octanol–water partition coefficient (Wildman–Crippen LogP) is 5.15. The first-order valence-corrected chi connectivity index (χ1v) is 8.89. The van der Waals surface area contributed by atoms with Gasteiger partial charge in [-0.1, -0.05) is 31.0 Å². The van der Waals surface area contributed by atoms with E-state index < -0.39 is 0 Å². The van der Waals surface area contributed by atoms with Crippen molar-refractivity contribution < 1.29 is 4.79 Å². The van der Waals surface area contributed by atoms with Gasteiger partial charge in [0.05, 0.1) is 6.04 Å². The lowest BCUT2D eigenvalue weighted by Gasteiger charge is -2.37. The third-order valence-electron chi connectivity index (χ3n) is 4.85. The lowest BCUT2D eigenvalue weighted by atomic mass is 10.0. The van der Waals surface area contributed by atoms with E-state index in [1.807, 2.05) is 30.0 Å². The number of benzene rings is 1. The van der Waals surface area contributed by atoms with Gasteiger partial charge >= 0.3 is 6.03 Å². The number of urea groups is 1. The van der Waals surface area contributed by atoms with Gasteiger partial charge in [-0.05, 0) is 50.1 Å². The number of rotatable bonds is 3. The fourth-order valence-electron chi connectivity index (χ4n) is 3.46. The van der Waals surface area contributed by atoms with Gasteiger partial charge in [0, 0.05) is 35.2 Å². The molecule has 5 heteroatoms. The van der Waals surface area contributed by atoms with Gasteiger partial charge in [-0.3, -0.25) is 0 Å². The molecule has 1 unspecified atom stereocenters. The van der Waals surface area contributed by atoms with Crippen molar-refractivity contribution in [3.05, 3.63) is 52.3 Å². The third-order valence-corrected chi connectivity index (χ3v) is 5.26. The first-order chi connectivity index (χ1) is 11.5. The SMILES string of the molecule is CCCC1c2ccc(C)n2CCN1C(=O)Nc1cccc(Cl)c1C. The summed E-state index contributed by atoms with van der Waals surface area (Å²) in [7, 11) is 0. The molecule has 2 amide bonds. The Morgan fingerprint density at radius 1 is 1.25 bits per heavy atom. The number of hydrogen-bond acceptors (Lipinski definition) is 1. The molecule has 1 aromatic carbocycles. The van der Waals surface area contributed by atoms with Gasteiger partial charge in [-0.2, -0.15) is 0 Å². The number of carbonyl (C=O) groups is 1. The molecule has 0 bridgehead atoms. The number of nitrogens with one attached hydrogen (secondary N) is 1. The van der Waals surface area contributed by atoms with Gasteiger partial charge in [0.2, 0.25) is 0 Å². The second-order valence-electron chi connectivity index (χ2n) is 6.39. The van der Waals surface area contributed by atoms with Gasteiger partial charge in [0.15, 0.2) is 0 Å². The number of nitrogens with zero attached hydrogens (tertiary/aromatic N) is 2. The summed E-state index contributed by atoms with van der Waals surface area (Å²) >= 11 is 6.16. The van der Waals surface area contributed by atoms with Crippen LogP contribution in [0.4, 0.5) is 10.5 Å². The van der Waals surface area contributed by atoms with Crippen LogP contribution in [0.25, 0.3) is 0 Å². The smallest absolute Gasteiger partial charge is 0.322 e. The molecule has 4 nitrogen and oxygen atoms in total. The minimum atomic E-state index is -0.0519. The lowest BCUT2D eigenvalue weighted by molar-refractivity contribution is 0.162. The first-order valence-electron chi connectivity index (χ1n) is 8.51. The Kier molecular flexibility index (Phi) is 4.86. The number of anilines is 1. The lowest BCUT2D eigenvalue weighted by Crippen LogP contribution is -2.44. The first kappa shape index (κ1) is 16.9. The molecule has 0 aliphatic carbocycles. The molecular formula is C19H24ClN3O. The van der Waals surface area contributed by atoms with E-state index in [2.05, 4.69) is 35.9 Å². The fraction of sp³-hybridized carbons (Fsp3) is 0.421. The van der Waals surface area contributed by atoms with Gasteiger partial charge in [0.25, 0.3) is 0 Å². The zero-order chi connectivity index (χ0) is 17.3. The molecule has 0 spiro atoms. The number of amides is 2. The van der Waals surface area contributed by atoms with Crippen molar-refractivity contribution in [1.29, 1.82) is 0 Å². The molecule has 0 radical (unpaired) electrons. The highest BCUT2D eigenvalue weighted by molar-refractivity contribution is 6.31. The van der Waals surface area contributed by atoms with Crippen molar-refractivity contribution in [1.82, 2.24) is 9.47 Å². The Morgan fingerprint density at radius 2 is 2.04 bits per heavy atom. The Hall–Kier alpha value is -1.94. The summed E-state index contributed by atoms with van der Waals surface area (Å²) in [5.74, 6) is 0. The highest BCUT2D eigenvalue weighted by Crippen LogP contribution is 2.32. The van der Waals surface area contributed by atoms with Crippen LogP contribution in [-0.2, 0) is 6.54 Å². The minimum Gasteiger partial charge on any atom is -0.345 e. The van der Waals surface area contributed by atoms with E-state index in [0.717, 1.165) is 37.2 Å². The van der Waals surface area contributed by atoms with Crippen molar-refractivity contribution in [2.45, 2.75) is 46.2 Å². The van der Waals surface area contributed by atoms with Gasteiger partial charge < -0.3 is 14.8 Å². The van der Waals surface area contributed by atoms with E-state index in [9.17, 15) is 4.79 Å². The Morgan fingerprint density at radius 3 is 2.79 bits per heavy atom. The Labute approximate surface area is 148 Å². The molecule has 2 heterocycles. The number of carbonyl (C=O) groups excluding carboxylic acids is 1. The summed E-state index contributed by atoms with van der Waals surface area (Å²) in [4.78, 5) is 14.9. The third kappa shape index (κ3) is 3.03. The van der Waals surface area contributed by atoms with Crippen LogP contribution >= 0.6 is 11.6 Å². The van der Waals surface area contributed by atoms with Crippen LogP contribution in [0.3, 0.4) is 0 Å². The van der Waals surface area contributed by atoms with Crippen molar-refractivity contribution >= 4 is 23.3 Å². The van der Waals surface area contributed by atoms with Crippen LogP contribution < -0.4 is 5.32 Å². The number of aryl methyl sites for hydroxylation is 1. The summed E-state index contributed by atoms with van der Waals surface area (Å²) in [5, 5.41) is 3.71. The Bertz CT molecular complexity index is 753. The molecule has 1 atom stereocenters. The monoisotopic (exact) mass is 345 g/mol. The number of halogens is 1. The maximum atomic E-state index is 12.9. The van der Waals surface area contributed by atoms with Crippen molar-refractivity contribution in [3.8, 4) is 0 Å². The van der Waals surface area contributed by atoms with Gasteiger partial charge in [-0.15, -0.1) is 0 Å². The van der Waals surface area contributed by atoms with Crippen LogP contribution in [0.5, 0.6) is 0 Å². The largest absolute Gasteiger partial charge is 0.345 e. The van der Waals surface area contributed by atoms with E-state index in [1.165, 1.54) is 11.4 Å². The second kappa shape index (κ2) is 6.89. The van der Waals surface area contributed by atoms with Crippen LogP contribution in [0.1, 0.15) is 42.8 Å². The van der Waals surface area contributed by atoms with E-state index in [0.29, 0.717) is 5.02 Å². The topological polar surface area (TPSA) is 37.3 Å². The van der Waals surface area contributed by atoms with Crippen LogP contribution in [-0.4, -0.2) is 22.0 Å². The van der Waals surface area contributed by atoms with E-state index in [1.54, 1.807) is 0 Å². The molecule has 24 heavy (non-hydrogen) atoms. The Balaban J connectivity index is 1.85. The zero-order valence-corrected chi connectivity index (χ0v) is 15.2. The van der Waals surface area contributed by atoms with Crippen molar-refractivity contribution in [2.75, 3.05) is 11.9 Å². The highest BCUT2D eigenvalue weighted by Gasteiger charge is 2.31. The average Bonchev–Trinajstić information content (AvgIpc) is 2.94. The molecule has 1 N–H and O–H groups in total. The molecular weight excluding hydrogens is 322 g/mol. The summed E-state index contributed by atoms with van der Waals surface area (Å²) in [6.07, 6.45) is 2.00. The molecule has 1 aromatic heterocycles. The molecule has 2 aromatic rings. The molecule has 1 aliphatic rings. The highest BCUT2D eigenvalue weighted by atomic mass is 35.5. The van der Waals surface area contributed by atoms with E-state index in [4.69, 9.17) is 11.6 Å². The minimum absolute atomic E-state index is 0.0519. The normalized spacial score (nSPS) is 16.8. The number of aromatic nitrogens is 1. The summed E-state index contributed by atoms with van der Waals surface area (Å²) in [6, 6.07) is 9.95. The average molecular weight is 346 g/mol. The predicted molar refractivity (Wildman–Crippen MR) is 98.7 cm³/mol. The molecule has 0 saturated heterocycles. The molecule has 1 aliphatic heterocycles. The molecule has 128 valence electrons. The van der Waals surface area contributed by atoms with Gasteiger partial charge in [-0.25, -0.2) is 4.79 Å². The quantitative estimate of drug-likeness (QED) is 0.820. The maximum absolute atomic E-state index is 12.9. The number of fused-ring (bicyclic) bond motifs is 1. The van der Waals surface area contributed by atoms with Crippen LogP contribution in [0, 0.1) is 13.8 Å². The van der Waals surface area contributed by atoms with E-state index >= 15 is 0 Å². The standard InChI is InChI=1S/C19H24ClN3O/c1-4-6-17-18-10-9-13(2)22(18)11-12-23(17)19(24)21-16-8-5-7-15(20)14(16)3/h5,7-10,17H,4,6,11-12H2,1-3H3,(H,21,24). The molecule has 3 rings (SSSR count). The number of hydrogen-bond donors (Lipinski definition) is 1. The zero-order valence-electron chi connectivity index (χ0n) is 14.5. The van der Waals surface area contributed by atoms with Crippen molar-refractivity contribution in [3.63, 3.8) is 0 Å². The van der Waals surface area contributed by atoms with Crippen molar-refractivity contribution in [2.24, 2.45) is 0 Å². The summed E-state index contributed by atoms with van der Waals surface area (Å²) in [6.45, 7) is 7.77. The molecule has 0 saturated carbocycles. The van der Waals surface area contributed by atoms with E-state index in [-0.39, 0.29) is 12.1 Å². The van der Waals surface area contributed by atoms with Crippen LogP contribution in [0.2, 0.25) is 5.02 Å².